The van der Waals surface area contributed by atoms with Crippen molar-refractivity contribution in [2.45, 2.75) is 12.8 Å². The summed E-state index contributed by atoms with van der Waals surface area (Å²) in [5.41, 5.74) is 1.55. The lowest BCUT2D eigenvalue weighted by Crippen LogP contribution is -2.12. The van der Waals surface area contributed by atoms with Gasteiger partial charge in [0.1, 0.15) is 0 Å². The zero-order valence-corrected chi connectivity index (χ0v) is 16.2. The van der Waals surface area contributed by atoms with Gasteiger partial charge in [0.25, 0.3) is 5.91 Å². The van der Waals surface area contributed by atoms with Gasteiger partial charge in [-0.15, -0.1) is 22.7 Å². The molecule has 2 N–H and O–H groups in total. The number of halogens is 1. The van der Waals surface area contributed by atoms with Gasteiger partial charge in [0.05, 0.1) is 10.6 Å². The van der Waals surface area contributed by atoms with E-state index in [1.54, 1.807) is 6.07 Å². The summed E-state index contributed by atoms with van der Waals surface area (Å²) in [5, 5.41) is 9.87. The number of aromatic nitrogens is 1. The topological polar surface area (TPSA) is 71.1 Å². The van der Waals surface area contributed by atoms with Crippen molar-refractivity contribution in [2.24, 2.45) is 0 Å². The molecule has 5 nitrogen and oxygen atoms in total. The van der Waals surface area contributed by atoms with Gasteiger partial charge >= 0.3 is 0 Å². The van der Waals surface area contributed by atoms with E-state index in [0.29, 0.717) is 22.9 Å². The number of benzene rings is 1. The van der Waals surface area contributed by atoms with Crippen LogP contribution in [-0.2, 0) is 11.2 Å². The zero-order valence-electron chi connectivity index (χ0n) is 13.0. The maximum atomic E-state index is 12.0. The van der Waals surface area contributed by atoms with Crippen LogP contribution in [0, 0.1) is 0 Å². The lowest BCUT2D eigenvalue weighted by atomic mass is 10.2. The standard InChI is InChI=1S/C17H14BrN3O2S2/c18-11-3-5-12(6-4-11)19-15(22)8-7-13-10-25-17(20-13)21-16(23)14-2-1-9-24-14/h1-6,9-10H,7-8H2,(H,19,22)(H,20,21,23). The van der Waals surface area contributed by atoms with Crippen molar-refractivity contribution in [3.05, 3.63) is 62.2 Å². The number of hydrogen-bond acceptors (Lipinski definition) is 5. The summed E-state index contributed by atoms with van der Waals surface area (Å²) in [7, 11) is 0. The van der Waals surface area contributed by atoms with E-state index >= 15 is 0 Å². The number of amides is 2. The largest absolute Gasteiger partial charge is 0.326 e. The first-order chi connectivity index (χ1) is 12.1. The number of rotatable bonds is 6. The van der Waals surface area contributed by atoms with Gasteiger partial charge in [0.2, 0.25) is 5.91 Å². The number of thiophene rings is 1. The first kappa shape index (κ1) is 17.8. The van der Waals surface area contributed by atoms with E-state index in [4.69, 9.17) is 0 Å². The van der Waals surface area contributed by atoms with Crippen molar-refractivity contribution in [2.75, 3.05) is 10.6 Å². The van der Waals surface area contributed by atoms with Crippen LogP contribution in [0.1, 0.15) is 21.8 Å². The summed E-state index contributed by atoms with van der Waals surface area (Å²) in [5.74, 6) is -0.233. The van der Waals surface area contributed by atoms with Gasteiger partial charge < -0.3 is 5.32 Å². The highest BCUT2D eigenvalue weighted by atomic mass is 79.9. The smallest absolute Gasteiger partial charge is 0.267 e. The Kier molecular flexibility index (Phi) is 5.95. The third kappa shape index (κ3) is 5.22. The summed E-state index contributed by atoms with van der Waals surface area (Å²) in [4.78, 5) is 29.0. The van der Waals surface area contributed by atoms with Crippen LogP contribution >= 0.6 is 38.6 Å². The van der Waals surface area contributed by atoms with E-state index in [9.17, 15) is 9.59 Å². The van der Waals surface area contributed by atoms with Crippen LogP contribution in [0.2, 0.25) is 0 Å². The number of carbonyl (C=O) groups is 2. The summed E-state index contributed by atoms with van der Waals surface area (Å²) >= 11 is 6.09. The molecule has 1 aromatic carbocycles. The van der Waals surface area contributed by atoms with Crippen LogP contribution in [0.25, 0.3) is 0 Å². The van der Waals surface area contributed by atoms with Gasteiger partial charge in [0, 0.05) is 22.0 Å². The van der Waals surface area contributed by atoms with Gasteiger partial charge in [-0.25, -0.2) is 4.98 Å². The Morgan fingerprint density at radius 2 is 1.88 bits per heavy atom. The Labute approximate surface area is 161 Å². The summed E-state index contributed by atoms with van der Waals surface area (Å²) < 4.78 is 0.963. The van der Waals surface area contributed by atoms with Crippen molar-refractivity contribution >= 4 is 61.2 Å². The highest BCUT2D eigenvalue weighted by molar-refractivity contribution is 9.10. The SMILES string of the molecule is O=C(CCc1csc(NC(=O)c2cccs2)n1)Nc1ccc(Br)cc1. The molecule has 0 bridgehead atoms. The molecule has 3 aromatic rings. The molecule has 0 saturated carbocycles. The van der Waals surface area contributed by atoms with Gasteiger partial charge in [-0.1, -0.05) is 22.0 Å². The molecule has 0 aliphatic carbocycles. The Morgan fingerprint density at radius 3 is 2.60 bits per heavy atom. The van der Waals surface area contributed by atoms with Gasteiger partial charge in [-0.05, 0) is 42.1 Å². The maximum absolute atomic E-state index is 12.0. The molecule has 0 aliphatic heterocycles. The Bertz CT molecular complexity index is 860. The summed E-state index contributed by atoms with van der Waals surface area (Å²) in [6.45, 7) is 0. The number of anilines is 2. The second-order valence-corrected chi connectivity index (χ2v) is 7.85. The molecule has 2 amide bonds. The van der Waals surface area contributed by atoms with Crippen molar-refractivity contribution < 1.29 is 9.59 Å². The highest BCUT2D eigenvalue weighted by Gasteiger charge is 2.11. The normalized spacial score (nSPS) is 10.4. The maximum Gasteiger partial charge on any atom is 0.267 e. The molecule has 8 heteroatoms. The van der Waals surface area contributed by atoms with Crippen molar-refractivity contribution in [3.63, 3.8) is 0 Å². The van der Waals surface area contributed by atoms with E-state index in [-0.39, 0.29) is 11.8 Å². The molecule has 3 rings (SSSR count). The average molecular weight is 436 g/mol. The minimum Gasteiger partial charge on any atom is -0.326 e. The van der Waals surface area contributed by atoms with E-state index < -0.39 is 0 Å². The number of hydrogen-bond donors (Lipinski definition) is 2. The fourth-order valence-electron chi connectivity index (χ4n) is 2.04. The van der Waals surface area contributed by atoms with E-state index in [1.165, 1.54) is 22.7 Å². The second-order valence-electron chi connectivity index (χ2n) is 5.13. The van der Waals surface area contributed by atoms with Crippen molar-refractivity contribution in [1.82, 2.24) is 4.98 Å². The van der Waals surface area contributed by atoms with Crippen molar-refractivity contribution in [1.29, 1.82) is 0 Å². The lowest BCUT2D eigenvalue weighted by Gasteiger charge is -2.04. The third-order valence-corrected chi connectivity index (χ3v) is 5.46. The molecule has 0 saturated heterocycles. The molecule has 2 heterocycles. The Morgan fingerprint density at radius 1 is 1.08 bits per heavy atom. The van der Waals surface area contributed by atoms with E-state index in [1.807, 2.05) is 41.1 Å². The summed E-state index contributed by atoms with van der Waals surface area (Å²) in [6.07, 6.45) is 0.853. The van der Waals surface area contributed by atoms with E-state index in [2.05, 4.69) is 31.5 Å². The van der Waals surface area contributed by atoms with Gasteiger partial charge in [-0.2, -0.15) is 0 Å². The van der Waals surface area contributed by atoms with Crippen LogP contribution in [0.4, 0.5) is 10.8 Å². The van der Waals surface area contributed by atoms with Crippen LogP contribution in [0.5, 0.6) is 0 Å². The lowest BCUT2D eigenvalue weighted by molar-refractivity contribution is -0.116. The number of thiazole rings is 1. The fourth-order valence-corrected chi connectivity index (χ4v) is 3.67. The molecule has 0 spiro atoms. The third-order valence-electron chi connectivity index (χ3n) is 3.25. The molecule has 25 heavy (non-hydrogen) atoms. The Balaban J connectivity index is 1.49. The minimum atomic E-state index is -0.163. The molecule has 128 valence electrons. The number of aryl methyl sites for hydroxylation is 1. The van der Waals surface area contributed by atoms with Crippen LogP contribution in [-0.4, -0.2) is 16.8 Å². The molecular formula is C17H14BrN3O2S2. The molecule has 0 atom stereocenters. The van der Waals surface area contributed by atoms with Gasteiger partial charge in [-0.3, -0.25) is 14.9 Å². The average Bonchev–Trinajstić information content (AvgIpc) is 3.27. The predicted molar refractivity (Wildman–Crippen MR) is 105 cm³/mol. The van der Waals surface area contributed by atoms with Crippen LogP contribution in [0.15, 0.2) is 51.6 Å². The van der Waals surface area contributed by atoms with Crippen LogP contribution < -0.4 is 10.6 Å². The number of nitrogens with one attached hydrogen (secondary N) is 2. The molecule has 0 fully saturated rings. The quantitative estimate of drug-likeness (QED) is 0.584. The predicted octanol–water partition coefficient (Wildman–Crippen LogP) is 4.79. The first-order valence-corrected chi connectivity index (χ1v) is 10.00. The summed E-state index contributed by atoms with van der Waals surface area (Å²) in [6, 6.07) is 11.0. The first-order valence-electron chi connectivity index (χ1n) is 7.45. The molecule has 2 aromatic heterocycles. The van der Waals surface area contributed by atoms with Crippen molar-refractivity contribution in [3.8, 4) is 0 Å². The Hall–Kier alpha value is -2.03. The monoisotopic (exact) mass is 435 g/mol. The highest BCUT2D eigenvalue weighted by Crippen LogP contribution is 2.19. The molecule has 0 unspecified atom stereocenters. The molecule has 0 radical (unpaired) electrons. The van der Waals surface area contributed by atoms with Crippen LogP contribution in [0.3, 0.4) is 0 Å². The van der Waals surface area contributed by atoms with Gasteiger partial charge in [0.15, 0.2) is 5.13 Å². The fraction of sp³-hybridized carbons (Fsp3) is 0.118. The minimum absolute atomic E-state index is 0.0699. The molecular weight excluding hydrogens is 422 g/mol. The number of nitrogens with zero attached hydrogens (tertiary/aromatic N) is 1. The second kappa shape index (κ2) is 8.37. The zero-order chi connectivity index (χ0) is 17.6. The molecule has 0 aliphatic rings. The van der Waals surface area contributed by atoms with E-state index in [0.717, 1.165) is 15.9 Å². The number of carbonyl (C=O) groups excluding carboxylic acids is 2.